The molecule has 0 spiro atoms. The molecule has 0 saturated heterocycles. The van der Waals surface area contributed by atoms with Crippen LogP contribution in [0.15, 0.2) is 24.3 Å². The van der Waals surface area contributed by atoms with E-state index in [0.29, 0.717) is 0 Å². The normalized spacial score (nSPS) is 14.0. The van der Waals surface area contributed by atoms with E-state index in [1.807, 2.05) is 7.05 Å². The summed E-state index contributed by atoms with van der Waals surface area (Å²) in [4.78, 5) is 2.13. The van der Waals surface area contributed by atoms with Gasteiger partial charge in [0.1, 0.15) is 5.82 Å². The van der Waals surface area contributed by atoms with Crippen molar-refractivity contribution < 1.29 is 9.50 Å². The Bertz CT molecular complexity index is 396. The third-order valence-corrected chi connectivity index (χ3v) is 3.89. The zero-order valence-corrected chi connectivity index (χ0v) is 13.5. The topological polar surface area (TPSA) is 35.5 Å². The Kier molecular flexibility index (Phi) is 7.68. The van der Waals surface area contributed by atoms with Crippen LogP contribution >= 0.6 is 0 Å². The molecule has 0 aliphatic rings. The number of anilines is 1. The molecule has 0 saturated carbocycles. The van der Waals surface area contributed by atoms with Crippen molar-refractivity contribution in [3.8, 4) is 0 Å². The fraction of sp³-hybridized carbons (Fsp3) is 0.647. The number of unbranched alkanes of at least 4 members (excludes halogenated alkanes) is 1. The number of hydrogen-bond acceptors (Lipinski definition) is 3. The number of halogens is 1. The van der Waals surface area contributed by atoms with Crippen molar-refractivity contribution in [3.63, 3.8) is 0 Å². The molecule has 1 aromatic carbocycles. The lowest BCUT2D eigenvalue weighted by Crippen LogP contribution is -2.46. The number of nitrogens with one attached hydrogen (secondary N) is 1. The van der Waals surface area contributed by atoms with Gasteiger partial charge in [0, 0.05) is 24.8 Å². The molecular weight excluding hydrogens is 267 g/mol. The number of benzene rings is 1. The Hall–Kier alpha value is -1.13. The van der Waals surface area contributed by atoms with Crippen LogP contribution in [0.2, 0.25) is 0 Å². The number of nitrogens with zero attached hydrogens (tertiary/aromatic N) is 1. The van der Waals surface area contributed by atoms with Crippen LogP contribution in [0.3, 0.4) is 0 Å². The number of aliphatic hydroxyl groups is 1. The SMILES string of the molecule is CCCNC(C)(CO)CCCCN(C)c1ccc(F)cc1. The monoisotopic (exact) mass is 296 g/mol. The van der Waals surface area contributed by atoms with Crippen LogP contribution in [-0.4, -0.2) is 37.4 Å². The lowest BCUT2D eigenvalue weighted by atomic mass is 9.95. The van der Waals surface area contributed by atoms with Crippen molar-refractivity contribution in [2.24, 2.45) is 0 Å². The summed E-state index contributed by atoms with van der Waals surface area (Å²) in [7, 11) is 2.02. The van der Waals surface area contributed by atoms with Crippen LogP contribution in [0, 0.1) is 5.82 Å². The van der Waals surface area contributed by atoms with Gasteiger partial charge in [-0.15, -0.1) is 0 Å². The van der Waals surface area contributed by atoms with Gasteiger partial charge in [0.05, 0.1) is 6.61 Å². The van der Waals surface area contributed by atoms with Gasteiger partial charge in [-0.25, -0.2) is 4.39 Å². The standard InChI is InChI=1S/C17H29FN2O/c1-4-12-19-17(2,14-21)11-5-6-13-20(3)16-9-7-15(18)8-10-16/h7-10,19,21H,4-6,11-14H2,1-3H3. The van der Waals surface area contributed by atoms with Gasteiger partial charge in [-0.2, -0.15) is 0 Å². The smallest absolute Gasteiger partial charge is 0.123 e. The first-order valence-electron chi connectivity index (χ1n) is 7.83. The zero-order valence-electron chi connectivity index (χ0n) is 13.5. The number of rotatable bonds is 10. The maximum atomic E-state index is 12.9. The highest BCUT2D eigenvalue weighted by Crippen LogP contribution is 2.16. The van der Waals surface area contributed by atoms with Crippen LogP contribution in [0.1, 0.15) is 39.5 Å². The van der Waals surface area contributed by atoms with Gasteiger partial charge < -0.3 is 15.3 Å². The zero-order chi connectivity index (χ0) is 15.7. The molecule has 0 bridgehead atoms. The average Bonchev–Trinajstić information content (AvgIpc) is 2.50. The molecule has 4 heteroatoms. The minimum atomic E-state index is -0.201. The third kappa shape index (κ3) is 6.44. The van der Waals surface area contributed by atoms with E-state index in [1.165, 1.54) is 12.1 Å². The Morgan fingerprint density at radius 2 is 1.90 bits per heavy atom. The highest BCUT2D eigenvalue weighted by atomic mass is 19.1. The molecule has 0 aliphatic carbocycles. The largest absolute Gasteiger partial charge is 0.394 e. The van der Waals surface area contributed by atoms with Crippen molar-refractivity contribution in [3.05, 3.63) is 30.1 Å². The van der Waals surface area contributed by atoms with Crippen LogP contribution in [0.4, 0.5) is 10.1 Å². The van der Waals surface area contributed by atoms with E-state index >= 15 is 0 Å². The highest BCUT2D eigenvalue weighted by Gasteiger charge is 2.21. The Labute approximate surface area is 128 Å². The summed E-state index contributed by atoms with van der Waals surface area (Å²) in [6, 6.07) is 6.58. The van der Waals surface area contributed by atoms with Crippen molar-refractivity contribution >= 4 is 5.69 Å². The van der Waals surface area contributed by atoms with Crippen molar-refractivity contribution in [1.82, 2.24) is 5.32 Å². The van der Waals surface area contributed by atoms with Gasteiger partial charge in [-0.05, 0) is 63.4 Å². The number of hydrogen-bond donors (Lipinski definition) is 2. The predicted octanol–water partition coefficient (Wildman–Crippen LogP) is 3.18. The van der Waals surface area contributed by atoms with Crippen molar-refractivity contribution in [2.75, 3.05) is 31.6 Å². The van der Waals surface area contributed by atoms with E-state index in [4.69, 9.17) is 0 Å². The van der Waals surface area contributed by atoms with Crippen molar-refractivity contribution in [2.45, 2.75) is 45.1 Å². The molecule has 21 heavy (non-hydrogen) atoms. The van der Waals surface area contributed by atoms with E-state index < -0.39 is 0 Å². The third-order valence-electron chi connectivity index (χ3n) is 3.89. The van der Waals surface area contributed by atoms with Gasteiger partial charge >= 0.3 is 0 Å². The summed E-state index contributed by atoms with van der Waals surface area (Å²) in [5.74, 6) is -0.201. The molecule has 2 N–H and O–H groups in total. The van der Waals surface area contributed by atoms with Crippen LogP contribution < -0.4 is 10.2 Å². The molecule has 0 fully saturated rings. The van der Waals surface area contributed by atoms with E-state index in [9.17, 15) is 9.50 Å². The molecule has 0 radical (unpaired) electrons. The van der Waals surface area contributed by atoms with E-state index in [1.54, 1.807) is 12.1 Å². The first-order valence-corrected chi connectivity index (χ1v) is 7.83. The second-order valence-corrected chi connectivity index (χ2v) is 6.00. The Balaban J connectivity index is 2.30. The molecule has 1 rings (SSSR count). The first kappa shape index (κ1) is 17.9. The first-order chi connectivity index (χ1) is 10.0. The fourth-order valence-electron chi connectivity index (χ4n) is 2.34. The van der Waals surface area contributed by atoms with Gasteiger partial charge in [0.2, 0.25) is 0 Å². The molecule has 120 valence electrons. The Morgan fingerprint density at radius 1 is 1.24 bits per heavy atom. The van der Waals surface area contributed by atoms with Gasteiger partial charge in [0.25, 0.3) is 0 Å². The molecule has 0 aromatic heterocycles. The molecular formula is C17H29FN2O. The van der Waals surface area contributed by atoms with Crippen LogP contribution in [0.5, 0.6) is 0 Å². The summed E-state index contributed by atoms with van der Waals surface area (Å²) in [6.45, 7) is 6.24. The molecule has 1 aromatic rings. The van der Waals surface area contributed by atoms with Crippen LogP contribution in [0.25, 0.3) is 0 Å². The maximum Gasteiger partial charge on any atom is 0.123 e. The fourth-order valence-corrected chi connectivity index (χ4v) is 2.34. The van der Waals surface area contributed by atoms with E-state index in [0.717, 1.165) is 44.5 Å². The highest BCUT2D eigenvalue weighted by molar-refractivity contribution is 5.45. The molecule has 0 amide bonds. The molecule has 3 nitrogen and oxygen atoms in total. The van der Waals surface area contributed by atoms with E-state index in [2.05, 4.69) is 24.1 Å². The van der Waals surface area contributed by atoms with Crippen molar-refractivity contribution in [1.29, 1.82) is 0 Å². The average molecular weight is 296 g/mol. The lowest BCUT2D eigenvalue weighted by molar-refractivity contribution is 0.163. The summed E-state index contributed by atoms with van der Waals surface area (Å²) in [5.41, 5.74) is 0.857. The second kappa shape index (κ2) is 9.00. The summed E-state index contributed by atoms with van der Waals surface area (Å²) < 4.78 is 12.9. The molecule has 0 heterocycles. The molecule has 1 unspecified atom stereocenters. The minimum absolute atomic E-state index is 0.167. The lowest BCUT2D eigenvalue weighted by Gasteiger charge is -2.29. The second-order valence-electron chi connectivity index (χ2n) is 6.00. The maximum absolute atomic E-state index is 12.9. The number of aliphatic hydroxyl groups excluding tert-OH is 1. The van der Waals surface area contributed by atoms with Gasteiger partial charge in [-0.3, -0.25) is 0 Å². The predicted molar refractivity (Wildman–Crippen MR) is 87.3 cm³/mol. The minimum Gasteiger partial charge on any atom is -0.394 e. The Morgan fingerprint density at radius 3 is 2.48 bits per heavy atom. The molecule has 1 atom stereocenters. The van der Waals surface area contributed by atoms with Crippen LogP contribution in [-0.2, 0) is 0 Å². The summed E-state index contributed by atoms with van der Waals surface area (Å²) in [6.07, 6.45) is 4.14. The van der Waals surface area contributed by atoms with Gasteiger partial charge in [0.15, 0.2) is 0 Å². The summed E-state index contributed by atoms with van der Waals surface area (Å²) in [5, 5.41) is 12.9. The summed E-state index contributed by atoms with van der Waals surface area (Å²) >= 11 is 0. The van der Waals surface area contributed by atoms with E-state index in [-0.39, 0.29) is 18.0 Å². The quantitative estimate of drug-likeness (QED) is 0.651. The van der Waals surface area contributed by atoms with Gasteiger partial charge in [-0.1, -0.05) is 6.92 Å². The molecule has 0 aliphatic heterocycles.